The van der Waals surface area contributed by atoms with Gasteiger partial charge in [-0.3, -0.25) is 10.2 Å². The zero-order valence-corrected chi connectivity index (χ0v) is 10.6. The van der Waals surface area contributed by atoms with Gasteiger partial charge in [0.25, 0.3) is 0 Å². The lowest BCUT2D eigenvalue weighted by Gasteiger charge is -2.09. The summed E-state index contributed by atoms with van der Waals surface area (Å²) in [4.78, 5) is 11.1. The summed E-state index contributed by atoms with van der Waals surface area (Å²) in [7, 11) is 1.38. The van der Waals surface area contributed by atoms with Gasteiger partial charge in [-0.1, -0.05) is 0 Å². The molecule has 1 aliphatic heterocycles. The van der Waals surface area contributed by atoms with Crippen LogP contribution >= 0.6 is 24.8 Å². The van der Waals surface area contributed by atoms with Crippen LogP contribution in [-0.2, 0) is 9.53 Å². The fourth-order valence-electron chi connectivity index (χ4n) is 1.54. The van der Waals surface area contributed by atoms with Crippen LogP contribution in [0, 0.1) is 11.3 Å². The first-order valence-electron chi connectivity index (χ1n) is 4.52. The smallest absolute Gasteiger partial charge is 0.322 e. The maximum Gasteiger partial charge on any atom is 0.322 e. The molecular formula is C8H18Cl2N4O2. The van der Waals surface area contributed by atoms with Gasteiger partial charge in [0.15, 0.2) is 5.96 Å². The number of nitrogens with one attached hydrogen (secondary N) is 3. The van der Waals surface area contributed by atoms with E-state index < -0.39 is 0 Å². The molecule has 0 radical (unpaired) electrons. The summed E-state index contributed by atoms with van der Waals surface area (Å²) in [5.41, 5.74) is 5.15. The lowest BCUT2D eigenvalue weighted by molar-refractivity contribution is -0.142. The van der Waals surface area contributed by atoms with Gasteiger partial charge >= 0.3 is 5.97 Å². The Morgan fingerprint density at radius 3 is 2.75 bits per heavy atom. The number of hydrogen-bond acceptors (Lipinski definition) is 4. The Bertz CT molecular complexity index is 240. The fourth-order valence-corrected chi connectivity index (χ4v) is 1.54. The average molecular weight is 273 g/mol. The summed E-state index contributed by atoms with van der Waals surface area (Å²) in [6.07, 6.45) is 0.729. The van der Waals surface area contributed by atoms with E-state index in [2.05, 4.69) is 15.4 Å². The number of methoxy groups -OCH3 is 1. The van der Waals surface area contributed by atoms with Crippen molar-refractivity contribution in [1.29, 1.82) is 5.41 Å². The second kappa shape index (κ2) is 8.43. The van der Waals surface area contributed by atoms with Gasteiger partial charge in [-0.05, 0) is 12.3 Å². The minimum absolute atomic E-state index is 0. The van der Waals surface area contributed by atoms with Crippen molar-refractivity contribution in [2.75, 3.05) is 20.2 Å². The van der Waals surface area contributed by atoms with Crippen LogP contribution in [0.5, 0.6) is 0 Å². The molecule has 0 amide bonds. The SMILES string of the molecule is COC(=O)[C@@H]1C[C@@H](CNC(=N)N)CN1.Cl.Cl. The Kier molecular flexibility index (Phi) is 9.31. The van der Waals surface area contributed by atoms with Crippen LogP contribution < -0.4 is 16.4 Å². The molecule has 0 aliphatic carbocycles. The van der Waals surface area contributed by atoms with Crippen molar-refractivity contribution >= 4 is 36.7 Å². The maximum atomic E-state index is 11.1. The molecule has 0 aromatic rings. The van der Waals surface area contributed by atoms with E-state index in [0.717, 1.165) is 13.0 Å². The summed E-state index contributed by atoms with van der Waals surface area (Å²) in [6, 6.07) is -0.209. The molecule has 0 aromatic carbocycles. The molecule has 2 atom stereocenters. The standard InChI is InChI=1S/C8H16N4O2.2ClH/c1-14-7(13)6-2-5(3-11-6)4-12-8(9)10;;/h5-6,11H,2-4H2,1H3,(H4,9,10,12);2*1H/t5-,6+;;/m1../s1. The van der Waals surface area contributed by atoms with Gasteiger partial charge in [-0.15, -0.1) is 24.8 Å². The predicted octanol–water partition coefficient (Wildman–Crippen LogP) is -0.536. The molecule has 0 bridgehead atoms. The van der Waals surface area contributed by atoms with Crippen molar-refractivity contribution in [3.63, 3.8) is 0 Å². The first-order valence-corrected chi connectivity index (χ1v) is 4.52. The number of guanidine groups is 1. The van der Waals surface area contributed by atoms with Crippen LogP contribution in [0.4, 0.5) is 0 Å². The summed E-state index contributed by atoms with van der Waals surface area (Å²) in [5, 5.41) is 12.8. The lowest BCUT2D eigenvalue weighted by atomic mass is 10.1. The van der Waals surface area contributed by atoms with Crippen molar-refractivity contribution in [3.8, 4) is 0 Å². The van der Waals surface area contributed by atoms with E-state index in [9.17, 15) is 4.79 Å². The van der Waals surface area contributed by atoms with Crippen molar-refractivity contribution in [1.82, 2.24) is 10.6 Å². The van der Waals surface area contributed by atoms with Crippen molar-refractivity contribution in [3.05, 3.63) is 0 Å². The van der Waals surface area contributed by atoms with Gasteiger partial charge in [0.1, 0.15) is 6.04 Å². The Hall–Kier alpha value is -0.720. The van der Waals surface area contributed by atoms with E-state index in [1.54, 1.807) is 0 Å². The van der Waals surface area contributed by atoms with Gasteiger partial charge in [0.05, 0.1) is 7.11 Å². The largest absolute Gasteiger partial charge is 0.468 e. The normalized spacial score (nSPS) is 22.6. The van der Waals surface area contributed by atoms with E-state index >= 15 is 0 Å². The fraction of sp³-hybridized carbons (Fsp3) is 0.750. The molecule has 1 saturated heterocycles. The molecule has 0 unspecified atom stereocenters. The van der Waals surface area contributed by atoms with E-state index in [-0.39, 0.29) is 42.8 Å². The summed E-state index contributed by atoms with van der Waals surface area (Å²) in [6.45, 7) is 1.37. The molecule has 6 nitrogen and oxygen atoms in total. The molecule has 0 aromatic heterocycles. The van der Waals surface area contributed by atoms with Gasteiger partial charge in [-0.25, -0.2) is 0 Å². The second-order valence-electron chi connectivity index (χ2n) is 3.38. The van der Waals surface area contributed by atoms with Crippen LogP contribution in [0.1, 0.15) is 6.42 Å². The monoisotopic (exact) mass is 272 g/mol. The first-order chi connectivity index (χ1) is 6.63. The number of ether oxygens (including phenoxy) is 1. The van der Waals surface area contributed by atoms with Crippen molar-refractivity contribution in [2.45, 2.75) is 12.5 Å². The minimum Gasteiger partial charge on any atom is -0.468 e. The minimum atomic E-state index is -0.227. The third-order valence-corrected chi connectivity index (χ3v) is 2.29. The molecule has 8 heteroatoms. The van der Waals surface area contributed by atoms with Gasteiger partial charge in [0.2, 0.25) is 0 Å². The second-order valence-corrected chi connectivity index (χ2v) is 3.38. The molecular weight excluding hydrogens is 255 g/mol. The molecule has 96 valence electrons. The zero-order valence-electron chi connectivity index (χ0n) is 8.99. The molecule has 1 aliphatic rings. The summed E-state index contributed by atoms with van der Waals surface area (Å²) < 4.78 is 4.62. The third-order valence-electron chi connectivity index (χ3n) is 2.29. The Morgan fingerprint density at radius 1 is 1.62 bits per heavy atom. The first kappa shape index (κ1) is 17.7. The maximum absolute atomic E-state index is 11.1. The van der Waals surface area contributed by atoms with Gasteiger partial charge in [0, 0.05) is 13.1 Å². The molecule has 5 N–H and O–H groups in total. The predicted molar refractivity (Wildman–Crippen MR) is 66.3 cm³/mol. The number of carbonyl (C=O) groups excluding carboxylic acids is 1. The highest BCUT2D eigenvalue weighted by Gasteiger charge is 2.29. The third kappa shape index (κ3) is 5.39. The molecule has 0 saturated carbocycles. The number of hydrogen-bond donors (Lipinski definition) is 4. The summed E-state index contributed by atoms with van der Waals surface area (Å²) >= 11 is 0. The molecule has 0 spiro atoms. The molecule has 1 rings (SSSR count). The summed E-state index contributed by atoms with van der Waals surface area (Å²) in [5.74, 6) is 0.0600. The highest BCUT2D eigenvalue weighted by molar-refractivity contribution is 5.85. The van der Waals surface area contributed by atoms with E-state index in [0.29, 0.717) is 12.5 Å². The quantitative estimate of drug-likeness (QED) is 0.314. The van der Waals surface area contributed by atoms with E-state index in [1.165, 1.54) is 7.11 Å². The highest BCUT2D eigenvalue weighted by atomic mass is 35.5. The molecule has 1 fully saturated rings. The van der Waals surface area contributed by atoms with E-state index in [1.807, 2.05) is 0 Å². The van der Waals surface area contributed by atoms with Gasteiger partial charge in [-0.2, -0.15) is 0 Å². The van der Waals surface area contributed by atoms with Crippen LogP contribution in [-0.4, -0.2) is 38.2 Å². The highest BCUT2D eigenvalue weighted by Crippen LogP contribution is 2.13. The number of nitrogens with two attached hydrogens (primary N) is 1. The average Bonchev–Trinajstić information content (AvgIpc) is 2.62. The number of esters is 1. The van der Waals surface area contributed by atoms with Crippen LogP contribution in [0.2, 0.25) is 0 Å². The molecule has 16 heavy (non-hydrogen) atoms. The van der Waals surface area contributed by atoms with E-state index in [4.69, 9.17) is 11.1 Å². The van der Waals surface area contributed by atoms with Crippen molar-refractivity contribution < 1.29 is 9.53 Å². The van der Waals surface area contributed by atoms with Crippen LogP contribution in [0.15, 0.2) is 0 Å². The number of rotatable bonds is 3. The van der Waals surface area contributed by atoms with Gasteiger partial charge < -0.3 is 21.1 Å². The topological polar surface area (TPSA) is 100 Å². The Morgan fingerprint density at radius 2 is 2.25 bits per heavy atom. The van der Waals surface area contributed by atoms with Crippen LogP contribution in [0.3, 0.4) is 0 Å². The Balaban J connectivity index is 0. The molecule has 1 heterocycles. The zero-order chi connectivity index (χ0) is 10.6. The number of halogens is 2. The van der Waals surface area contributed by atoms with Crippen LogP contribution in [0.25, 0.3) is 0 Å². The van der Waals surface area contributed by atoms with Crippen molar-refractivity contribution in [2.24, 2.45) is 11.7 Å². The number of carbonyl (C=O) groups is 1. The Labute approximate surface area is 107 Å². The lowest BCUT2D eigenvalue weighted by Crippen LogP contribution is -2.34.